The number of carbonyl (C=O) groups is 3. The lowest BCUT2D eigenvalue weighted by Crippen LogP contribution is -2.63. The maximum atomic E-state index is 13.0. The van der Waals surface area contributed by atoms with E-state index in [1.54, 1.807) is 18.9 Å². The zero-order valence-corrected chi connectivity index (χ0v) is 16.1. The number of aromatic nitrogens is 1. The van der Waals surface area contributed by atoms with E-state index < -0.39 is 5.54 Å². The Hall–Kier alpha value is -2.87. The molecule has 2 aromatic rings. The third kappa shape index (κ3) is 2.93. The first kappa shape index (κ1) is 18.5. The van der Waals surface area contributed by atoms with Gasteiger partial charge in [0.25, 0.3) is 5.91 Å². The maximum Gasteiger partial charge on any atom is 0.271 e. The van der Waals surface area contributed by atoms with Crippen LogP contribution in [-0.4, -0.2) is 77.5 Å². The second kappa shape index (κ2) is 6.94. The molecule has 3 heterocycles. The second-order valence-corrected chi connectivity index (χ2v) is 7.49. The molecule has 1 unspecified atom stereocenters. The van der Waals surface area contributed by atoms with Crippen LogP contribution in [0.1, 0.15) is 17.4 Å². The van der Waals surface area contributed by atoms with Crippen molar-refractivity contribution in [1.82, 2.24) is 19.7 Å². The van der Waals surface area contributed by atoms with Gasteiger partial charge in [0.05, 0.1) is 26.3 Å². The zero-order chi connectivity index (χ0) is 19.9. The molecule has 3 amide bonds. The summed E-state index contributed by atoms with van der Waals surface area (Å²) in [5, 5.41) is 3.70. The van der Waals surface area contributed by atoms with Gasteiger partial charge in [-0.05, 0) is 19.1 Å². The Morgan fingerprint density at radius 2 is 1.93 bits per heavy atom. The van der Waals surface area contributed by atoms with E-state index in [9.17, 15) is 14.4 Å². The topological polar surface area (TPSA) is 83.9 Å². The molecule has 0 spiro atoms. The first-order valence-electron chi connectivity index (χ1n) is 9.42. The highest BCUT2D eigenvalue weighted by Gasteiger charge is 2.45. The summed E-state index contributed by atoms with van der Waals surface area (Å²) in [4.78, 5) is 41.4. The largest absolute Gasteiger partial charge is 0.378 e. The molecule has 148 valence electrons. The first-order chi connectivity index (χ1) is 13.4. The lowest BCUT2D eigenvalue weighted by Gasteiger charge is -2.42. The van der Waals surface area contributed by atoms with Crippen LogP contribution in [0.25, 0.3) is 10.9 Å². The van der Waals surface area contributed by atoms with Crippen LogP contribution in [-0.2, 0) is 20.9 Å². The van der Waals surface area contributed by atoms with Crippen LogP contribution < -0.4 is 5.32 Å². The van der Waals surface area contributed by atoms with Crippen molar-refractivity contribution >= 4 is 28.6 Å². The molecule has 1 fully saturated rings. The molecule has 2 aliphatic rings. The number of hydrogen-bond donors (Lipinski definition) is 1. The number of amides is 3. The van der Waals surface area contributed by atoms with Crippen molar-refractivity contribution < 1.29 is 19.1 Å². The Morgan fingerprint density at radius 1 is 1.21 bits per heavy atom. The number of fused-ring (bicyclic) bond motifs is 3. The summed E-state index contributed by atoms with van der Waals surface area (Å²) < 4.78 is 7.14. The zero-order valence-electron chi connectivity index (χ0n) is 16.1. The molecule has 0 aliphatic carbocycles. The molecule has 4 rings (SSSR count). The average Bonchev–Trinajstić information content (AvgIpc) is 3.09. The smallest absolute Gasteiger partial charge is 0.271 e. The molecule has 1 aromatic carbocycles. The van der Waals surface area contributed by atoms with Gasteiger partial charge >= 0.3 is 0 Å². The summed E-state index contributed by atoms with van der Waals surface area (Å²) in [5.41, 5.74) is 0.401. The van der Waals surface area contributed by atoms with Crippen LogP contribution in [0.5, 0.6) is 0 Å². The highest BCUT2D eigenvalue weighted by atomic mass is 16.5. The number of ether oxygens (including phenoxy) is 1. The van der Waals surface area contributed by atoms with Gasteiger partial charge in [-0.1, -0.05) is 18.2 Å². The molecule has 1 N–H and O–H groups in total. The molecule has 28 heavy (non-hydrogen) atoms. The molecular weight excluding hydrogens is 360 g/mol. The van der Waals surface area contributed by atoms with Crippen LogP contribution in [0.2, 0.25) is 0 Å². The molecule has 0 bridgehead atoms. The van der Waals surface area contributed by atoms with E-state index in [1.165, 1.54) is 4.90 Å². The predicted octanol–water partition coefficient (Wildman–Crippen LogP) is 0.461. The van der Waals surface area contributed by atoms with E-state index in [2.05, 4.69) is 5.32 Å². The van der Waals surface area contributed by atoms with Crippen molar-refractivity contribution in [3.05, 3.63) is 36.0 Å². The molecule has 1 atom stereocenters. The second-order valence-electron chi connectivity index (χ2n) is 7.49. The Labute approximate surface area is 163 Å². The number of rotatable bonds is 3. The van der Waals surface area contributed by atoms with Crippen molar-refractivity contribution in [2.24, 2.45) is 0 Å². The minimum Gasteiger partial charge on any atom is -0.378 e. The van der Waals surface area contributed by atoms with Gasteiger partial charge in [0.1, 0.15) is 11.2 Å². The molecule has 1 aromatic heterocycles. The van der Waals surface area contributed by atoms with E-state index in [4.69, 9.17) is 4.74 Å². The first-order valence-corrected chi connectivity index (χ1v) is 9.42. The van der Waals surface area contributed by atoms with Gasteiger partial charge in [0.2, 0.25) is 11.8 Å². The van der Waals surface area contributed by atoms with E-state index in [1.807, 2.05) is 34.9 Å². The monoisotopic (exact) mass is 384 g/mol. The quantitative estimate of drug-likeness (QED) is 0.833. The Balaban J connectivity index is 1.54. The number of benzene rings is 1. The normalized spacial score (nSPS) is 22.3. The van der Waals surface area contributed by atoms with Crippen LogP contribution in [0.4, 0.5) is 0 Å². The average molecular weight is 384 g/mol. The minimum atomic E-state index is -1.09. The van der Waals surface area contributed by atoms with Crippen molar-refractivity contribution in [1.29, 1.82) is 0 Å². The maximum absolute atomic E-state index is 13.0. The molecule has 0 saturated carbocycles. The van der Waals surface area contributed by atoms with Crippen molar-refractivity contribution in [2.75, 3.05) is 39.9 Å². The predicted molar refractivity (Wildman–Crippen MR) is 103 cm³/mol. The van der Waals surface area contributed by atoms with Crippen LogP contribution in [0, 0.1) is 0 Å². The van der Waals surface area contributed by atoms with Crippen LogP contribution in [0.3, 0.4) is 0 Å². The van der Waals surface area contributed by atoms with E-state index >= 15 is 0 Å². The fourth-order valence-electron chi connectivity index (χ4n) is 3.86. The van der Waals surface area contributed by atoms with Crippen LogP contribution >= 0.6 is 0 Å². The van der Waals surface area contributed by atoms with Gasteiger partial charge in [-0.2, -0.15) is 0 Å². The fraction of sp³-hybridized carbons (Fsp3) is 0.450. The van der Waals surface area contributed by atoms with Crippen LogP contribution in [0.15, 0.2) is 30.3 Å². The van der Waals surface area contributed by atoms with E-state index in [0.717, 1.165) is 10.9 Å². The van der Waals surface area contributed by atoms with Gasteiger partial charge < -0.3 is 24.4 Å². The summed E-state index contributed by atoms with van der Waals surface area (Å²) in [6, 6.07) is 9.58. The highest BCUT2D eigenvalue weighted by Crippen LogP contribution is 2.31. The van der Waals surface area contributed by atoms with Crippen molar-refractivity contribution in [2.45, 2.75) is 19.0 Å². The van der Waals surface area contributed by atoms with Gasteiger partial charge in [0.15, 0.2) is 0 Å². The van der Waals surface area contributed by atoms with E-state index in [0.29, 0.717) is 38.5 Å². The summed E-state index contributed by atoms with van der Waals surface area (Å²) >= 11 is 0. The van der Waals surface area contributed by atoms with Crippen molar-refractivity contribution in [3.63, 3.8) is 0 Å². The molecular formula is C20H24N4O4. The summed E-state index contributed by atoms with van der Waals surface area (Å²) in [7, 11) is 1.63. The Morgan fingerprint density at radius 3 is 2.68 bits per heavy atom. The molecule has 0 radical (unpaired) electrons. The molecule has 8 heteroatoms. The van der Waals surface area contributed by atoms with Crippen molar-refractivity contribution in [3.8, 4) is 0 Å². The number of likely N-dealkylation sites (N-methyl/N-ethyl adjacent to an activating group) is 1. The van der Waals surface area contributed by atoms with Gasteiger partial charge in [0, 0.05) is 31.0 Å². The Kier molecular flexibility index (Phi) is 4.58. The SMILES string of the molecule is CN1C(=O)c2cc3ccccc3n2CC1(C)C(=O)NCC(=O)N1CCOCC1. The third-order valence-electron chi connectivity index (χ3n) is 5.79. The summed E-state index contributed by atoms with van der Waals surface area (Å²) in [6.45, 7) is 4.06. The van der Waals surface area contributed by atoms with Gasteiger partial charge in [-0.15, -0.1) is 0 Å². The van der Waals surface area contributed by atoms with E-state index in [-0.39, 0.29) is 24.3 Å². The summed E-state index contributed by atoms with van der Waals surface area (Å²) in [5.74, 6) is -0.690. The van der Waals surface area contributed by atoms with Gasteiger partial charge in [-0.3, -0.25) is 14.4 Å². The standard InChI is InChI=1S/C20H24N4O4/c1-20(19(27)21-12-17(25)23-7-9-28-10-8-23)13-24-15-6-4-3-5-14(15)11-16(24)18(26)22(20)2/h3-6,11H,7-10,12-13H2,1-2H3,(H,21,27). The Bertz CT molecular complexity index is 947. The summed E-state index contributed by atoms with van der Waals surface area (Å²) in [6.07, 6.45) is 0. The number of hydrogen-bond acceptors (Lipinski definition) is 4. The number of para-hydroxylation sites is 1. The van der Waals surface area contributed by atoms with Gasteiger partial charge in [-0.25, -0.2) is 0 Å². The number of carbonyl (C=O) groups excluding carboxylic acids is 3. The fourth-order valence-corrected chi connectivity index (χ4v) is 3.86. The number of morpholine rings is 1. The molecule has 2 aliphatic heterocycles. The number of nitrogens with one attached hydrogen (secondary N) is 1. The lowest BCUT2D eigenvalue weighted by atomic mass is 9.95. The number of nitrogens with zero attached hydrogens (tertiary/aromatic N) is 3. The highest BCUT2D eigenvalue weighted by molar-refractivity contribution is 6.03. The lowest BCUT2D eigenvalue weighted by molar-refractivity contribution is -0.139. The third-order valence-corrected chi connectivity index (χ3v) is 5.79. The minimum absolute atomic E-state index is 0.0876. The molecule has 1 saturated heterocycles. The molecule has 8 nitrogen and oxygen atoms in total.